The van der Waals surface area contributed by atoms with Crippen molar-refractivity contribution in [2.45, 2.75) is 19.0 Å². The summed E-state index contributed by atoms with van der Waals surface area (Å²) in [6, 6.07) is 32.7. The Hall–Kier alpha value is -4.78. The first-order valence-electron chi connectivity index (χ1n) is 11.5. The van der Waals surface area contributed by atoms with Crippen molar-refractivity contribution in [3.8, 4) is 0 Å². The Kier molecular flexibility index (Phi) is 7.83. The molecule has 0 spiro atoms. The second-order valence-corrected chi connectivity index (χ2v) is 8.28. The fraction of sp³-hybridized carbons (Fsp3) is 0.103. The van der Waals surface area contributed by atoms with Crippen LogP contribution in [0.2, 0.25) is 0 Å². The maximum atomic E-state index is 13.7. The van der Waals surface area contributed by atoms with E-state index in [4.69, 9.17) is 0 Å². The first-order valence-corrected chi connectivity index (χ1v) is 11.5. The largest absolute Gasteiger partial charge is 0.324 e. The lowest BCUT2D eigenvalue weighted by atomic mass is 10.0. The molecule has 0 aliphatic rings. The second-order valence-electron chi connectivity index (χ2n) is 8.28. The summed E-state index contributed by atoms with van der Waals surface area (Å²) in [5.41, 5.74) is 2.73. The molecule has 36 heavy (non-hydrogen) atoms. The molecule has 4 aromatic rings. The zero-order chi connectivity index (χ0) is 25.3. The molecule has 1 atom stereocenters. The molecule has 0 saturated heterocycles. The van der Waals surface area contributed by atoms with Crippen LogP contribution in [-0.2, 0) is 22.6 Å². The van der Waals surface area contributed by atoms with Crippen molar-refractivity contribution in [3.05, 3.63) is 142 Å². The number of carbonyl (C=O) groups is 2. The van der Waals surface area contributed by atoms with Crippen LogP contribution in [0.15, 0.2) is 115 Å². The Morgan fingerprint density at radius 1 is 0.750 bits per heavy atom. The monoisotopic (exact) mass is 479 g/mol. The Balaban J connectivity index is 1.69. The third-order valence-corrected chi connectivity index (χ3v) is 5.74. The highest BCUT2D eigenvalue weighted by Gasteiger charge is 2.31. The van der Waals surface area contributed by atoms with Gasteiger partial charge in [0.15, 0.2) is 0 Å². The highest BCUT2D eigenvalue weighted by atomic mass is 16.6. The van der Waals surface area contributed by atoms with Gasteiger partial charge in [-0.15, -0.1) is 0 Å². The van der Waals surface area contributed by atoms with E-state index in [0.29, 0.717) is 11.3 Å². The summed E-state index contributed by atoms with van der Waals surface area (Å²) in [6.45, 7) is 0.236. The summed E-state index contributed by atoms with van der Waals surface area (Å²) in [5.74, 6) is -0.606. The molecule has 0 aliphatic carbocycles. The van der Waals surface area contributed by atoms with Crippen molar-refractivity contribution in [1.29, 1.82) is 0 Å². The van der Waals surface area contributed by atoms with E-state index in [-0.39, 0.29) is 24.6 Å². The van der Waals surface area contributed by atoms with Crippen LogP contribution in [0, 0.1) is 10.1 Å². The first-order chi connectivity index (χ1) is 17.5. The standard InChI is InChI=1S/C29H25N3O4/c33-27(20-22-10-4-1-5-11-22)31(21-23-12-6-2-7-13-23)28(24-14-8-3-9-15-24)29(34)30-25-16-18-26(19-17-25)32(35)36/h1-19,28H,20-21H2,(H,30,34). The average Bonchev–Trinajstić information content (AvgIpc) is 2.90. The Bertz CT molecular complexity index is 1310. The Labute approximate surface area is 209 Å². The van der Waals surface area contributed by atoms with Gasteiger partial charge < -0.3 is 10.2 Å². The summed E-state index contributed by atoms with van der Waals surface area (Å²) < 4.78 is 0. The molecule has 180 valence electrons. The SMILES string of the molecule is O=C(Nc1ccc([N+](=O)[O-])cc1)C(c1ccccc1)N(Cc1ccccc1)C(=O)Cc1ccccc1. The van der Waals surface area contributed by atoms with E-state index in [9.17, 15) is 19.7 Å². The zero-order valence-corrected chi connectivity index (χ0v) is 19.5. The van der Waals surface area contributed by atoms with E-state index in [0.717, 1.165) is 11.1 Å². The maximum absolute atomic E-state index is 13.7. The lowest BCUT2D eigenvalue weighted by molar-refractivity contribution is -0.384. The minimum absolute atomic E-state index is 0.0728. The number of nitrogens with zero attached hydrogens (tertiary/aromatic N) is 2. The molecule has 7 nitrogen and oxygen atoms in total. The quantitative estimate of drug-likeness (QED) is 0.252. The number of amides is 2. The van der Waals surface area contributed by atoms with Crippen molar-refractivity contribution in [2.24, 2.45) is 0 Å². The van der Waals surface area contributed by atoms with Crippen LogP contribution in [0.25, 0.3) is 0 Å². The van der Waals surface area contributed by atoms with E-state index in [1.165, 1.54) is 24.3 Å². The van der Waals surface area contributed by atoms with Gasteiger partial charge in [0, 0.05) is 24.4 Å². The van der Waals surface area contributed by atoms with Gasteiger partial charge in [-0.25, -0.2) is 0 Å². The fourth-order valence-corrected chi connectivity index (χ4v) is 3.96. The van der Waals surface area contributed by atoms with Crippen LogP contribution in [0.5, 0.6) is 0 Å². The molecule has 7 heteroatoms. The predicted molar refractivity (Wildman–Crippen MR) is 138 cm³/mol. The Morgan fingerprint density at radius 2 is 1.28 bits per heavy atom. The predicted octanol–water partition coefficient (Wildman–Crippen LogP) is 5.55. The molecule has 0 aromatic heterocycles. The fourth-order valence-electron chi connectivity index (χ4n) is 3.96. The molecule has 1 unspecified atom stereocenters. The summed E-state index contributed by atoms with van der Waals surface area (Å²) in [7, 11) is 0. The second kappa shape index (κ2) is 11.6. The van der Waals surface area contributed by atoms with Gasteiger partial charge in [0.25, 0.3) is 11.6 Å². The lowest BCUT2D eigenvalue weighted by Gasteiger charge is -2.32. The minimum atomic E-state index is -0.919. The van der Waals surface area contributed by atoms with Crippen LogP contribution in [-0.4, -0.2) is 21.6 Å². The average molecular weight is 480 g/mol. The van der Waals surface area contributed by atoms with Gasteiger partial charge >= 0.3 is 0 Å². The van der Waals surface area contributed by atoms with Gasteiger partial charge in [-0.3, -0.25) is 19.7 Å². The van der Waals surface area contributed by atoms with Crippen molar-refractivity contribution in [1.82, 2.24) is 4.90 Å². The highest BCUT2D eigenvalue weighted by Crippen LogP contribution is 2.27. The molecule has 1 N–H and O–H groups in total. The number of nitrogens with one attached hydrogen (secondary N) is 1. The van der Waals surface area contributed by atoms with E-state index in [1.54, 1.807) is 4.90 Å². The molecule has 0 radical (unpaired) electrons. The van der Waals surface area contributed by atoms with E-state index in [2.05, 4.69) is 5.32 Å². The van der Waals surface area contributed by atoms with Crippen molar-refractivity contribution < 1.29 is 14.5 Å². The van der Waals surface area contributed by atoms with Crippen molar-refractivity contribution >= 4 is 23.2 Å². The number of hydrogen-bond acceptors (Lipinski definition) is 4. The summed E-state index contributed by atoms with van der Waals surface area (Å²) in [5, 5.41) is 13.8. The molecule has 0 heterocycles. The molecule has 4 rings (SSSR count). The molecule has 0 aliphatic heterocycles. The highest BCUT2D eigenvalue weighted by molar-refractivity contribution is 5.98. The summed E-state index contributed by atoms with van der Waals surface area (Å²) >= 11 is 0. The van der Waals surface area contributed by atoms with Gasteiger partial charge in [0.1, 0.15) is 6.04 Å². The number of hydrogen-bond donors (Lipinski definition) is 1. The number of nitro benzene ring substituents is 1. The minimum Gasteiger partial charge on any atom is -0.324 e. The number of non-ortho nitro benzene ring substituents is 1. The van der Waals surface area contributed by atoms with Crippen LogP contribution < -0.4 is 5.32 Å². The number of carbonyl (C=O) groups excluding carboxylic acids is 2. The summed E-state index contributed by atoms with van der Waals surface area (Å²) in [4.78, 5) is 39.4. The van der Waals surface area contributed by atoms with Gasteiger partial charge in [0.2, 0.25) is 5.91 Å². The molecule has 0 fully saturated rings. The van der Waals surface area contributed by atoms with Gasteiger partial charge in [-0.2, -0.15) is 0 Å². The molecule has 4 aromatic carbocycles. The number of anilines is 1. The van der Waals surface area contributed by atoms with Crippen LogP contribution in [0.4, 0.5) is 11.4 Å². The van der Waals surface area contributed by atoms with E-state index in [1.807, 2.05) is 91.0 Å². The maximum Gasteiger partial charge on any atom is 0.269 e. The van der Waals surface area contributed by atoms with E-state index < -0.39 is 16.9 Å². The molecule has 2 amide bonds. The third kappa shape index (κ3) is 6.21. The van der Waals surface area contributed by atoms with Gasteiger partial charge in [0.05, 0.1) is 11.3 Å². The number of rotatable bonds is 9. The van der Waals surface area contributed by atoms with Crippen molar-refractivity contribution in [3.63, 3.8) is 0 Å². The normalized spacial score (nSPS) is 11.3. The van der Waals surface area contributed by atoms with Crippen LogP contribution in [0.1, 0.15) is 22.7 Å². The lowest BCUT2D eigenvalue weighted by Crippen LogP contribution is -2.41. The topological polar surface area (TPSA) is 92.5 Å². The number of benzene rings is 4. The molecular weight excluding hydrogens is 454 g/mol. The molecule has 0 saturated carbocycles. The van der Waals surface area contributed by atoms with Crippen molar-refractivity contribution in [2.75, 3.05) is 5.32 Å². The summed E-state index contributed by atoms with van der Waals surface area (Å²) in [6.07, 6.45) is 0.141. The number of nitro groups is 1. The Morgan fingerprint density at radius 3 is 1.83 bits per heavy atom. The molecule has 0 bridgehead atoms. The molecular formula is C29H25N3O4. The zero-order valence-electron chi connectivity index (χ0n) is 19.5. The first kappa shape index (κ1) is 24.3. The van der Waals surface area contributed by atoms with Crippen LogP contribution >= 0.6 is 0 Å². The third-order valence-electron chi connectivity index (χ3n) is 5.74. The van der Waals surface area contributed by atoms with Gasteiger partial charge in [-0.1, -0.05) is 91.0 Å². The van der Waals surface area contributed by atoms with Gasteiger partial charge in [-0.05, 0) is 28.8 Å². The van der Waals surface area contributed by atoms with E-state index >= 15 is 0 Å². The smallest absolute Gasteiger partial charge is 0.269 e. The van der Waals surface area contributed by atoms with Crippen LogP contribution in [0.3, 0.4) is 0 Å².